The van der Waals surface area contributed by atoms with E-state index in [-0.39, 0.29) is 11.5 Å². The molecule has 0 heterocycles. The molecule has 0 saturated carbocycles. The molecule has 2 aromatic rings. The fourth-order valence-electron chi connectivity index (χ4n) is 1.55. The second-order valence-corrected chi connectivity index (χ2v) is 7.07. The van der Waals surface area contributed by atoms with Crippen LogP contribution in [0.1, 0.15) is 10.4 Å². The zero-order valence-corrected chi connectivity index (χ0v) is 13.8. The van der Waals surface area contributed by atoms with E-state index in [1.54, 1.807) is 30.3 Å². The van der Waals surface area contributed by atoms with Gasteiger partial charge in [-0.3, -0.25) is 9.00 Å². The standard InChI is InChI=1S/C14H10Br2O2S/c15-10-5-7-11(8-6-10)19(18)9-14(17)12-3-1-2-4-13(12)16/h1-8H,9H2. The Kier molecular flexibility index (Phi) is 5.07. The number of Topliss-reactive ketones (excluding diaryl/α,β-unsaturated/α-hetero) is 1. The number of ketones is 1. The molecule has 0 fully saturated rings. The lowest BCUT2D eigenvalue weighted by Crippen LogP contribution is -2.11. The summed E-state index contributed by atoms with van der Waals surface area (Å²) in [5, 5.41) is 0. The molecule has 0 N–H and O–H groups in total. The molecule has 2 rings (SSSR count). The molecule has 5 heteroatoms. The summed E-state index contributed by atoms with van der Waals surface area (Å²) in [6.07, 6.45) is 0. The Morgan fingerprint density at radius 3 is 2.26 bits per heavy atom. The van der Waals surface area contributed by atoms with Gasteiger partial charge in [-0.25, -0.2) is 0 Å². The van der Waals surface area contributed by atoms with Crippen molar-refractivity contribution < 1.29 is 9.00 Å². The highest BCUT2D eigenvalue weighted by atomic mass is 79.9. The Morgan fingerprint density at radius 2 is 1.63 bits per heavy atom. The maximum Gasteiger partial charge on any atom is 0.176 e. The summed E-state index contributed by atoms with van der Waals surface area (Å²) >= 11 is 6.65. The molecule has 2 aromatic carbocycles. The third-order valence-electron chi connectivity index (χ3n) is 2.51. The van der Waals surface area contributed by atoms with E-state index in [2.05, 4.69) is 31.9 Å². The van der Waals surface area contributed by atoms with Gasteiger partial charge in [-0.2, -0.15) is 0 Å². The van der Waals surface area contributed by atoms with E-state index < -0.39 is 10.8 Å². The van der Waals surface area contributed by atoms with Crippen LogP contribution >= 0.6 is 31.9 Å². The predicted octanol–water partition coefficient (Wildman–Crippen LogP) is 4.20. The molecule has 1 atom stereocenters. The van der Waals surface area contributed by atoms with Crippen LogP contribution in [0, 0.1) is 0 Å². The van der Waals surface area contributed by atoms with E-state index >= 15 is 0 Å². The molecule has 0 radical (unpaired) electrons. The molecule has 0 aromatic heterocycles. The van der Waals surface area contributed by atoms with Crippen molar-refractivity contribution in [1.29, 1.82) is 0 Å². The summed E-state index contributed by atoms with van der Waals surface area (Å²) in [7, 11) is -1.32. The number of carbonyl (C=O) groups is 1. The molecular weight excluding hydrogens is 392 g/mol. The predicted molar refractivity (Wildman–Crippen MR) is 83.9 cm³/mol. The quantitative estimate of drug-likeness (QED) is 0.719. The highest BCUT2D eigenvalue weighted by Crippen LogP contribution is 2.18. The lowest BCUT2D eigenvalue weighted by Gasteiger charge is -2.04. The molecule has 0 aliphatic carbocycles. The zero-order valence-electron chi connectivity index (χ0n) is 9.81. The van der Waals surface area contributed by atoms with E-state index in [9.17, 15) is 9.00 Å². The number of rotatable bonds is 4. The minimum atomic E-state index is -1.32. The third kappa shape index (κ3) is 3.84. The highest BCUT2D eigenvalue weighted by Gasteiger charge is 2.14. The van der Waals surface area contributed by atoms with Gasteiger partial charge in [-0.15, -0.1) is 0 Å². The Morgan fingerprint density at radius 1 is 1.00 bits per heavy atom. The second kappa shape index (κ2) is 6.59. The SMILES string of the molecule is O=C(CS(=O)c1ccc(Br)cc1)c1ccccc1Br. The van der Waals surface area contributed by atoms with Crippen molar-refractivity contribution in [1.82, 2.24) is 0 Å². The van der Waals surface area contributed by atoms with Crippen LogP contribution in [-0.2, 0) is 10.8 Å². The van der Waals surface area contributed by atoms with Gasteiger partial charge in [0.1, 0.15) is 0 Å². The Hall–Kier alpha value is -0.780. The summed E-state index contributed by atoms with van der Waals surface area (Å²) < 4.78 is 13.8. The van der Waals surface area contributed by atoms with Gasteiger partial charge in [0.2, 0.25) is 0 Å². The molecule has 2 nitrogen and oxygen atoms in total. The normalized spacial score (nSPS) is 12.1. The van der Waals surface area contributed by atoms with Crippen LogP contribution in [0.4, 0.5) is 0 Å². The van der Waals surface area contributed by atoms with Gasteiger partial charge in [-0.05, 0) is 30.3 Å². The van der Waals surface area contributed by atoms with E-state index in [4.69, 9.17) is 0 Å². The highest BCUT2D eigenvalue weighted by molar-refractivity contribution is 9.10. The van der Waals surface area contributed by atoms with Crippen molar-refractivity contribution in [2.75, 3.05) is 5.75 Å². The minimum absolute atomic E-state index is 0.00968. The Labute approximate surface area is 130 Å². The van der Waals surface area contributed by atoms with Gasteiger partial charge < -0.3 is 0 Å². The average Bonchev–Trinajstić information content (AvgIpc) is 2.39. The van der Waals surface area contributed by atoms with Crippen LogP contribution < -0.4 is 0 Å². The molecule has 0 amide bonds. The third-order valence-corrected chi connectivity index (χ3v) is 5.06. The lowest BCUT2D eigenvalue weighted by molar-refractivity contribution is 0.102. The first-order chi connectivity index (χ1) is 9.08. The van der Waals surface area contributed by atoms with Crippen molar-refractivity contribution in [3.63, 3.8) is 0 Å². The van der Waals surface area contributed by atoms with Crippen LogP contribution in [0.3, 0.4) is 0 Å². The van der Waals surface area contributed by atoms with Gasteiger partial charge in [0.25, 0.3) is 0 Å². The summed E-state index contributed by atoms with van der Waals surface area (Å²) in [4.78, 5) is 12.7. The smallest absolute Gasteiger partial charge is 0.176 e. The molecule has 0 aliphatic rings. The zero-order chi connectivity index (χ0) is 13.8. The summed E-state index contributed by atoms with van der Waals surface area (Å²) in [6, 6.07) is 14.3. The van der Waals surface area contributed by atoms with E-state index in [0.717, 1.165) is 8.95 Å². The monoisotopic (exact) mass is 400 g/mol. The number of carbonyl (C=O) groups excluding carboxylic acids is 1. The Bertz CT molecular complexity index is 624. The van der Waals surface area contributed by atoms with Crippen molar-refractivity contribution in [3.05, 3.63) is 63.0 Å². The van der Waals surface area contributed by atoms with Gasteiger partial charge >= 0.3 is 0 Å². The summed E-state index contributed by atoms with van der Waals surface area (Å²) in [5.41, 5.74) is 0.563. The first kappa shape index (κ1) is 14.6. The maximum absolute atomic E-state index is 12.1. The van der Waals surface area contributed by atoms with Crippen LogP contribution in [0.2, 0.25) is 0 Å². The molecule has 0 aliphatic heterocycles. The average molecular weight is 402 g/mol. The number of hydrogen-bond donors (Lipinski definition) is 0. The van der Waals surface area contributed by atoms with Crippen LogP contribution in [0.25, 0.3) is 0 Å². The van der Waals surface area contributed by atoms with Gasteiger partial charge in [0.05, 0.1) is 16.6 Å². The van der Waals surface area contributed by atoms with Gasteiger partial charge in [0, 0.05) is 19.4 Å². The topological polar surface area (TPSA) is 34.1 Å². The molecule has 1 unspecified atom stereocenters. The van der Waals surface area contributed by atoms with E-state index in [1.807, 2.05) is 18.2 Å². The van der Waals surface area contributed by atoms with E-state index in [0.29, 0.717) is 10.5 Å². The largest absolute Gasteiger partial charge is 0.293 e. The number of hydrogen-bond acceptors (Lipinski definition) is 2. The van der Waals surface area contributed by atoms with Crippen LogP contribution in [0.15, 0.2) is 62.4 Å². The maximum atomic E-state index is 12.1. The van der Waals surface area contributed by atoms with Crippen molar-refractivity contribution in [3.8, 4) is 0 Å². The first-order valence-electron chi connectivity index (χ1n) is 5.49. The fourth-order valence-corrected chi connectivity index (χ4v) is 3.32. The van der Waals surface area contributed by atoms with Gasteiger partial charge in [0.15, 0.2) is 5.78 Å². The van der Waals surface area contributed by atoms with Crippen molar-refractivity contribution >= 4 is 48.4 Å². The molecule has 0 spiro atoms. The molecule has 19 heavy (non-hydrogen) atoms. The van der Waals surface area contributed by atoms with Crippen molar-refractivity contribution in [2.24, 2.45) is 0 Å². The first-order valence-corrected chi connectivity index (χ1v) is 8.40. The fraction of sp³-hybridized carbons (Fsp3) is 0.0714. The Balaban J connectivity index is 2.13. The number of benzene rings is 2. The van der Waals surface area contributed by atoms with Crippen LogP contribution in [-0.4, -0.2) is 15.7 Å². The molecular formula is C14H10Br2O2S. The summed E-state index contributed by atoms with van der Waals surface area (Å²) in [6.45, 7) is 0. The second-order valence-electron chi connectivity index (χ2n) is 3.85. The summed E-state index contributed by atoms with van der Waals surface area (Å²) in [5.74, 6) is -0.140. The minimum Gasteiger partial charge on any atom is -0.293 e. The van der Waals surface area contributed by atoms with Crippen LogP contribution in [0.5, 0.6) is 0 Å². The molecule has 0 saturated heterocycles. The lowest BCUT2D eigenvalue weighted by atomic mass is 10.1. The van der Waals surface area contributed by atoms with Crippen molar-refractivity contribution in [2.45, 2.75) is 4.90 Å². The molecule has 0 bridgehead atoms. The van der Waals surface area contributed by atoms with Gasteiger partial charge in [-0.1, -0.05) is 50.1 Å². The number of halogens is 2. The van der Waals surface area contributed by atoms with E-state index in [1.165, 1.54) is 0 Å². The molecule has 98 valence electrons.